The van der Waals surface area contributed by atoms with E-state index >= 15 is 0 Å². The molecule has 0 spiro atoms. The van der Waals surface area contributed by atoms with Crippen LogP contribution in [0, 0.1) is 5.92 Å². The second-order valence-electron chi connectivity index (χ2n) is 3.28. The molecule has 3 heteroatoms. The Balaban J connectivity index is 2.39. The first-order chi connectivity index (χ1) is 5.72. The lowest BCUT2D eigenvalue weighted by molar-refractivity contribution is 0.221. The lowest BCUT2D eigenvalue weighted by atomic mass is 10.0. The Bertz CT molecular complexity index is 199. The summed E-state index contributed by atoms with van der Waals surface area (Å²) < 4.78 is 0. The molecule has 1 aliphatic rings. The van der Waals surface area contributed by atoms with Gasteiger partial charge in [0.25, 0.3) is 0 Å². The highest BCUT2D eigenvalue weighted by Crippen LogP contribution is 2.12. The molecule has 1 rings (SSSR count). The monoisotopic (exact) mass is 168 g/mol. The van der Waals surface area contributed by atoms with Gasteiger partial charge in [0, 0.05) is 31.2 Å². The normalized spacial score (nSPS) is 23.2. The summed E-state index contributed by atoms with van der Waals surface area (Å²) in [6, 6.07) is 0. The molecule has 0 bridgehead atoms. The number of aliphatic imine (C=N–C) groups is 1. The summed E-state index contributed by atoms with van der Waals surface area (Å²) in [6.45, 7) is 6.66. The first-order valence-corrected chi connectivity index (χ1v) is 4.29. The minimum absolute atomic E-state index is 0.254. The molecule has 0 fully saturated rings. The van der Waals surface area contributed by atoms with Gasteiger partial charge in [-0.25, -0.2) is 0 Å². The van der Waals surface area contributed by atoms with Gasteiger partial charge in [0.1, 0.15) is 5.84 Å². The Hall–Kier alpha value is -0.830. The van der Waals surface area contributed by atoms with E-state index in [0.29, 0.717) is 5.92 Å². The van der Waals surface area contributed by atoms with Crippen molar-refractivity contribution in [2.24, 2.45) is 10.9 Å². The van der Waals surface area contributed by atoms with Crippen molar-refractivity contribution in [3.8, 4) is 0 Å². The first-order valence-electron chi connectivity index (χ1n) is 4.29. The summed E-state index contributed by atoms with van der Waals surface area (Å²) in [6.07, 6.45) is 1.95. The fourth-order valence-corrected chi connectivity index (χ4v) is 1.25. The average Bonchev–Trinajstić information content (AvgIpc) is 2.05. The Kier molecular flexibility index (Phi) is 3.29. The van der Waals surface area contributed by atoms with Crippen molar-refractivity contribution in [3.63, 3.8) is 0 Å². The highest BCUT2D eigenvalue weighted by molar-refractivity contribution is 5.84. The lowest BCUT2D eigenvalue weighted by Gasteiger charge is -2.19. The minimum Gasteiger partial charge on any atom is -0.396 e. The van der Waals surface area contributed by atoms with Gasteiger partial charge in [0.2, 0.25) is 0 Å². The summed E-state index contributed by atoms with van der Waals surface area (Å²) in [5.74, 6) is 1.37. The molecule has 1 aliphatic heterocycles. The van der Waals surface area contributed by atoms with Crippen molar-refractivity contribution < 1.29 is 5.11 Å². The number of nitrogens with zero attached hydrogens (tertiary/aromatic N) is 1. The molecule has 3 nitrogen and oxygen atoms in total. The molecule has 0 aromatic carbocycles. The van der Waals surface area contributed by atoms with E-state index in [1.54, 1.807) is 0 Å². The molecule has 1 heterocycles. The van der Waals surface area contributed by atoms with Gasteiger partial charge in [-0.3, -0.25) is 4.99 Å². The zero-order valence-electron chi connectivity index (χ0n) is 7.51. The molecule has 1 atom stereocenters. The number of allylic oxidation sites excluding steroid dienone is 1. The number of hydrogen-bond acceptors (Lipinski definition) is 3. The predicted octanol–water partition coefficient (Wildman–Crippen LogP) is 0.910. The number of aliphatic hydroxyl groups is 1. The number of hydrogen-bond donors (Lipinski definition) is 2. The lowest BCUT2D eigenvalue weighted by Crippen LogP contribution is -2.28. The van der Waals surface area contributed by atoms with Crippen molar-refractivity contribution in [2.75, 3.05) is 13.2 Å². The van der Waals surface area contributed by atoms with Gasteiger partial charge >= 0.3 is 0 Å². The third-order valence-electron chi connectivity index (χ3n) is 1.95. The van der Waals surface area contributed by atoms with Crippen molar-refractivity contribution in [1.82, 2.24) is 5.32 Å². The zero-order valence-corrected chi connectivity index (χ0v) is 7.51. The van der Waals surface area contributed by atoms with E-state index < -0.39 is 0 Å². The number of rotatable bonds is 2. The van der Waals surface area contributed by atoms with Gasteiger partial charge in [-0.2, -0.15) is 0 Å². The summed E-state index contributed by atoms with van der Waals surface area (Å²) >= 11 is 0. The molecule has 12 heavy (non-hydrogen) atoms. The van der Waals surface area contributed by atoms with Crippen molar-refractivity contribution in [3.05, 3.63) is 12.3 Å². The Morgan fingerprint density at radius 3 is 3.00 bits per heavy atom. The molecular weight excluding hydrogens is 152 g/mol. The topological polar surface area (TPSA) is 44.6 Å². The van der Waals surface area contributed by atoms with Crippen LogP contribution in [-0.2, 0) is 0 Å². The van der Waals surface area contributed by atoms with Gasteiger partial charge in [0.15, 0.2) is 0 Å². The van der Waals surface area contributed by atoms with Crippen molar-refractivity contribution in [1.29, 1.82) is 0 Å². The van der Waals surface area contributed by atoms with E-state index in [9.17, 15) is 0 Å². The number of amidine groups is 1. The van der Waals surface area contributed by atoms with E-state index in [2.05, 4.69) is 16.9 Å². The van der Waals surface area contributed by atoms with Crippen LogP contribution < -0.4 is 5.32 Å². The molecule has 0 aromatic rings. The van der Waals surface area contributed by atoms with Gasteiger partial charge in [-0.1, -0.05) is 6.58 Å². The standard InChI is InChI=1S/C9H16N2O/c1-7(2)11-9-4-3-8(6-12)5-10-9/h8,12H,1,3-6H2,2H3,(H,10,11). The second-order valence-corrected chi connectivity index (χ2v) is 3.28. The van der Waals surface area contributed by atoms with E-state index in [-0.39, 0.29) is 6.61 Å². The van der Waals surface area contributed by atoms with Crippen LogP contribution in [0.25, 0.3) is 0 Å². The molecular formula is C9H16N2O. The largest absolute Gasteiger partial charge is 0.396 e. The smallest absolute Gasteiger partial charge is 0.100 e. The van der Waals surface area contributed by atoms with E-state index in [4.69, 9.17) is 5.11 Å². The van der Waals surface area contributed by atoms with Crippen LogP contribution in [0.1, 0.15) is 19.8 Å². The van der Waals surface area contributed by atoms with Crippen molar-refractivity contribution >= 4 is 5.84 Å². The molecule has 1 unspecified atom stereocenters. The second kappa shape index (κ2) is 4.26. The summed E-state index contributed by atoms with van der Waals surface area (Å²) in [5, 5.41) is 12.0. The van der Waals surface area contributed by atoms with Crippen LogP contribution in [0.5, 0.6) is 0 Å². The molecule has 0 aliphatic carbocycles. The molecule has 0 saturated heterocycles. The quantitative estimate of drug-likeness (QED) is 0.643. The van der Waals surface area contributed by atoms with Gasteiger partial charge < -0.3 is 10.4 Å². The maximum atomic E-state index is 8.85. The van der Waals surface area contributed by atoms with E-state index in [0.717, 1.165) is 30.9 Å². The molecule has 0 radical (unpaired) electrons. The van der Waals surface area contributed by atoms with Crippen molar-refractivity contribution in [2.45, 2.75) is 19.8 Å². The van der Waals surface area contributed by atoms with Crippen LogP contribution >= 0.6 is 0 Å². The molecule has 0 saturated carbocycles. The van der Waals surface area contributed by atoms with Crippen LogP contribution in [0.2, 0.25) is 0 Å². The fraction of sp³-hybridized carbons (Fsp3) is 0.667. The van der Waals surface area contributed by atoms with E-state index in [1.807, 2.05) is 6.92 Å². The summed E-state index contributed by atoms with van der Waals surface area (Å²) in [5.41, 5.74) is 0.927. The van der Waals surface area contributed by atoms with Gasteiger partial charge in [0.05, 0.1) is 0 Å². The Labute approximate surface area is 73.2 Å². The van der Waals surface area contributed by atoms with Gasteiger partial charge in [-0.15, -0.1) is 0 Å². The average molecular weight is 168 g/mol. The summed E-state index contributed by atoms with van der Waals surface area (Å²) in [4.78, 5) is 4.31. The van der Waals surface area contributed by atoms with E-state index in [1.165, 1.54) is 0 Å². The zero-order chi connectivity index (χ0) is 8.97. The summed E-state index contributed by atoms with van der Waals surface area (Å²) in [7, 11) is 0. The minimum atomic E-state index is 0.254. The van der Waals surface area contributed by atoms with Crippen LogP contribution in [0.15, 0.2) is 17.3 Å². The van der Waals surface area contributed by atoms with Crippen LogP contribution in [-0.4, -0.2) is 24.1 Å². The number of aliphatic hydroxyl groups excluding tert-OH is 1. The highest BCUT2D eigenvalue weighted by Gasteiger charge is 2.13. The SMILES string of the molecule is C=C(C)NC1=NCC(CO)CC1. The van der Waals surface area contributed by atoms with Gasteiger partial charge in [-0.05, 0) is 13.3 Å². The van der Waals surface area contributed by atoms with Crippen LogP contribution in [0.3, 0.4) is 0 Å². The Morgan fingerprint density at radius 2 is 2.58 bits per heavy atom. The third kappa shape index (κ3) is 2.66. The van der Waals surface area contributed by atoms with Crippen LogP contribution in [0.4, 0.5) is 0 Å². The number of nitrogens with one attached hydrogen (secondary N) is 1. The first kappa shape index (κ1) is 9.26. The predicted molar refractivity (Wildman–Crippen MR) is 50.1 cm³/mol. The molecule has 2 N–H and O–H groups in total. The molecule has 0 amide bonds. The molecule has 0 aromatic heterocycles. The highest BCUT2D eigenvalue weighted by atomic mass is 16.3. The third-order valence-corrected chi connectivity index (χ3v) is 1.95. The fourth-order valence-electron chi connectivity index (χ4n) is 1.25. The maximum absolute atomic E-state index is 8.85. The Morgan fingerprint density at radius 1 is 1.83 bits per heavy atom. The molecule has 68 valence electrons. The maximum Gasteiger partial charge on any atom is 0.100 e.